The van der Waals surface area contributed by atoms with Gasteiger partial charge in [0.25, 0.3) is 10.0 Å². The molecule has 8 heteroatoms. The summed E-state index contributed by atoms with van der Waals surface area (Å²) in [7, 11) is -0.969. The number of hydrogen-bond acceptors (Lipinski definition) is 6. The normalized spacial score (nSPS) is 11.2. The molecule has 0 fully saturated rings. The summed E-state index contributed by atoms with van der Waals surface area (Å²) >= 11 is 0. The highest BCUT2D eigenvalue weighted by atomic mass is 32.2. The predicted octanol–water partition coefficient (Wildman–Crippen LogP) is 3.47. The van der Waals surface area contributed by atoms with Crippen LogP contribution in [0.4, 0.5) is 5.69 Å². The molecule has 0 atom stereocenters. The lowest BCUT2D eigenvalue weighted by molar-refractivity contribution is 0.402. The molecule has 0 bridgehead atoms. The first-order valence-corrected chi connectivity index (χ1v) is 9.20. The number of benzene rings is 2. The molecule has 3 aromatic rings. The fourth-order valence-corrected chi connectivity index (χ4v) is 3.68. The van der Waals surface area contributed by atoms with Crippen molar-refractivity contribution in [3.63, 3.8) is 0 Å². The Hall–Kier alpha value is -3.00. The Bertz CT molecular complexity index is 1030. The zero-order valence-corrected chi connectivity index (χ0v) is 15.3. The number of rotatable bonds is 6. The quantitative estimate of drug-likeness (QED) is 0.710. The molecule has 0 saturated carbocycles. The SMILES string of the molecule is COc1cccc(NS(=O)(=O)c2cc(-c3cc(C)no3)ccc2OC)c1. The second-order valence-corrected chi connectivity index (χ2v) is 7.19. The van der Waals surface area contributed by atoms with E-state index in [2.05, 4.69) is 9.88 Å². The molecular formula is C18H18N2O5S. The third-order valence-electron chi connectivity index (χ3n) is 3.69. The minimum atomic E-state index is -3.90. The number of methoxy groups -OCH3 is 2. The summed E-state index contributed by atoms with van der Waals surface area (Å²) < 4.78 is 43.9. The first-order chi connectivity index (χ1) is 12.4. The van der Waals surface area contributed by atoms with Crippen LogP contribution in [0, 0.1) is 6.92 Å². The van der Waals surface area contributed by atoms with Crippen LogP contribution in [0.1, 0.15) is 5.69 Å². The van der Waals surface area contributed by atoms with Crippen LogP contribution < -0.4 is 14.2 Å². The molecule has 2 aromatic carbocycles. The van der Waals surface area contributed by atoms with Crippen molar-refractivity contribution in [1.29, 1.82) is 0 Å². The first kappa shape index (κ1) is 17.8. The van der Waals surface area contributed by atoms with Crippen molar-refractivity contribution in [2.45, 2.75) is 11.8 Å². The fraction of sp³-hybridized carbons (Fsp3) is 0.167. The van der Waals surface area contributed by atoms with Crippen LogP contribution in [0.5, 0.6) is 11.5 Å². The standard InChI is InChI=1S/C18H18N2O5S/c1-12-9-17(25-19-12)13-7-8-16(24-3)18(10-13)26(21,22)20-14-5-4-6-15(11-14)23-2/h4-11,20H,1-3H3. The number of sulfonamides is 1. The van der Waals surface area contributed by atoms with Gasteiger partial charge >= 0.3 is 0 Å². The molecule has 26 heavy (non-hydrogen) atoms. The third-order valence-corrected chi connectivity index (χ3v) is 5.09. The number of aromatic nitrogens is 1. The van der Waals surface area contributed by atoms with E-state index < -0.39 is 10.0 Å². The van der Waals surface area contributed by atoms with E-state index in [4.69, 9.17) is 14.0 Å². The van der Waals surface area contributed by atoms with Crippen LogP contribution in [-0.2, 0) is 10.0 Å². The Morgan fingerprint density at radius 1 is 1.04 bits per heavy atom. The van der Waals surface area contributed by atoms with Gasteiger partial charge in [-0.15, -0.1) is 0 Å². The molecule has 0 saturated heterocycles. The minimum Gasteiger partial charge on any atom is -0.497 e. The molecular weight excluding hydrogens is 356 g/mol. The second kappa shape index (κ2) is 7.09. The molecule has 0 aliphatic rings. The summed E-state index contributed by atoms with van der Waals surface area (Å²) in [5, 5.41) is 3.83. The lowest BCUT2D eigenvalue weighted by Crippen LogP contribution is -2.14. The van der Waals surface area contributed by atoms with Gasteiger partial charge in [0.1, 0.15) is 16.4 Å². The van der Waals surface area contributed by atoms with Crippen LogP contribution in [0.15, 0.2) is 57.9 Å². The van der Waals surface area contributed by atoms with E-state index in [1.165, 1.54) is 20.3 Å². The first-order valence-electron chi connectivity index (χ1n) is 7.71. The number of nitrogens with one attached hydrogen (secondary N) is 1. The molecule has 7 nitrogen and oxygen atoms in total. The Kier molecular flexibility index (Phi) is 4.85. The number of ether oxygens (including phenoxy) is 2. The Balaban J connectivity index is 2.02. The van der Waals surface area contributed by atoms with E-state index in [0.29, 0.717) is 28.5 Å². The van der Waals surface area contributed by atoms with E-state index >= 15 is 0 Å². The fourth-order valence-electron chi connectivity index (χ4n) is 2.44. The van der Waals surface area contributed by atoms with Gasteiger partial charge in [-0.3, -0.25) is 4.72 Å². The summed E-state index contributed by atoms with van der Waals surface area (Å²) in [5.74, 6) is 1.24. The van der Waals surface area contributed by atoms with Crippen molar-refractivity contribution in [1.82, 2.24) is 5.16 Å². The summed E-state index contributed by atoms with van der Waals surface area (Å²) in [6.45, 7) is 1.79. The van der Waals surface area contributed by atoms with Gasteiger partial charge in [-0.25, -0.2) is 8.42 Å². The summed E-state index contributed by atoms with van der Waals surface area (Å²) in [5.41, 5.74) is 1.67. The smallest absolute Gasteiger partial charge is 0.265 e. The highest BCUT2D eigenvalue weighted by Gasteiger charge is 2.22. The maximum atomic E-state index is 12.9. The molecule has 1 N–H and O–H groups in total. The Morgan fingerprint density at radius 2 is 1.85 bits per heavy atom. The van der Waals surface area contributed by atoms with Crippen molar-refractivity contribution >= 4 is 15.7 Å². The number of aryl methyl sites for hydroxylation is 1. The van der Waals surface area contributed by atoms with Crippen molar-refractivity contribution in [3.05, 3.63) is 54.2 Å². The van der Waals surface area contributed by atoms with Crippen LogP contribution >= 0.6 is 0 Å². The number of hydrogen-bond donors (Lipinski definition) is 1. The van der Waals surface area contributed by atoms with Gasteiger partial charge in [-0.2, -0.15) is 0 Å². The summed E-state index contributed by atoms with van der Waals surface area (Å²) in [6.07, 6.45) is 0. The Morgan fingerprint density at radius 3 is 2.50 bits per heavy atom. The van der Waals surface area contributed by atoms with Gasteiger partial charge < -0.3 is 14.0 Å². The van der Waals surface area contributed by atoms with Gasteiger partial charge in [0.2, 0.25) is 0 Å². The van der Waals surface area contributed by atoms with E-state index in [1.807, 2.05) is 0 Å². The number of nitrogens with zero attached hydrogens (tertiary/aromatic N) is 1. The van der Waals surface area contributed by atoms with Crippen LogP contribution in [-0.4, -0.2) is 27.8 Å². The molecule has 0 radical (unpaired) electrons. The minimum absolute atomic E-state index is 0.00521. The lowest BCUT2D eigenvalue weighted by atomic mass is 10.1. The van der Waals surface area contributed by atoms with Crippen molar-refractivity contribution in [3.8, 4) is 22.8 Å². The van der Waals surface area contributed by atoms with Gasteiger partial charge in [-0.05, 0) is 37.3 Å². The molecule has 0 amide bonds. The summed E-state index contributed by atoms with van der Waals surface area (Å²) in [4.78, 5) is -0.00521. The average molecular weight is 374 g/mol. The van der Waals surface area contributed by atoms with Crippen molar-refractivity contribution in [2.75, 3.05) is 18.9 Å². The van der Waals surface area contributed by atoms with Gasteiger partial charge in [0.05, 0.1) is 25.6 Å². The summed E-state index contributed by atoms with van der Waals surface area (Å²) in [6, 6.07) is 13.2. The van der Waals surface area contributed by atoms with E-state index in [9.17, 15) is 8.42 Å². The van der Waals surface area contributed by atoms with Gasteiger partial charge in [-0.1, -0.05) is 11.2 Å². The maximum absolute atomic E-state index is 12.9. The lowest BCUT2D eigenvalue weighted by Gasteiger charge is -2.13. The van der Waals surface area contributed by atoms with E-state index in [0.717, 1.165) is 0 Å². The van der Waals surface area contributed by atoms with Gasteiger partial charge in [0, 0.05) is 17.7 Å². The van der Waals surface area contributed by atoms with E-state index in [-0.39, 0.29) is 10.6 Å². The highest BCUT2D eigenvalue weighted by molar-refractivity contribution is 7.92. The van der Waals surface area contributed by atoms with Crippen LogP contribution in [0.3, 0.4) is 0 Å². The average Bonchev–Trinajstić information content (AvgIpc) is 3.07. The topological polar surface area (TPSA) is 90.7 Å². The monoisotopic (exact) mass is 374 g/mol. The molecule has 0 unspecified atom stereocenters. The second-order valence-electron chi connectivity index (χ2n) is 5.54. The molecule has 0 spiro atoms. The van der Waals surface area contributed by atoms with Gasteiger partial charge in [0.15, 0.2) is 5.76 Å². The molecule has 1 heterocycles. The maximum Gasteiger partial charge on any atom is 0.265 e. The predicted molar refractivity (Wildman–Crippen MR) is 97.0 cm³/mol. The molecule has 1 aromatic heterocycles. The van der Waals surface area contributed by atoms with E-state index in [1.54, 1.807) is 49.4 Å². The highest BCUT2D eigenvalue weighted by Crippen LogP contribution is 2.31. The van der Waals surface area contributed by atoms with Crippen molar-refractivity contribution < 1.29 is 22.4 Å². The Labute approximate surface area is 151 Å². The van der Waals surface area contributed by atoms with Crippen LogP contribution in [0.2, 0.25) is 0 Å². The van der Waals surface area contributed by atoms with Crippen molar-refractivity contribution in [2.24, 2.45) is 0 Å². The molecule has 136 valence electrons. The zero-order valence-electron chi connectivity index (χ0n) is 14.5. The van der Waals surface area contributed by atoms with Crippen LogP contribution in [0.25, 0.3) is 11.3 Å². The molecule has 0 aliphatic heterocycles. The third kappa shape index (κ3) is 3.65. The molecule has 0 aliphatic carbocycles. The largest absolute Gasteiger partial charge is 0.497 e. The number of anilines is 1. The molecule has 3 rings (SSSR count). The zero-order chi connectivity index (χ0) is 18.7.